The SMILES string of the molecule is COc1cc(/C=C2\NC(=S)NC2=O)ccc1OS(=O)(=O)c1ccccc1[N+](=O)[O-]. The van der Waals surface area contributed by atoms with Gasteiger partial charge in [-0.3, -0.25) is 20.2 Å². The monoisotopic (exact) mass is 435 g/mol. The Morgan fingerprint density at radius 3 is 2.48 bits per heavy atom. The zero-order valence-corrected chi connectivity index (χ0v) is 16.4. The first-order valence-electron chi connectivity index (χ1n) is 7.91. The smallest absolute Gasteiger partial charge is 0.346 e. The fourth-order valence-corrected chi connectivity index (χ4v) is 3.78. The molecule has 12 heteroatoms. The van der Waals surface area contributed by atoms with E-state index in [0.717, 1.165) is 12.1 Å². The van der Waals surface area contributed by atoms with Crippen molar-refractivity contribution in [1.82, 2.24) is 10.6 Å². The number of methoxy groups -OCH3 is 1. The Bertz CT molecular complexity index is 1160. The molecule has 0 unspecified atom stereocenters. The van der Waals surface area contributed by atoms with E-state index in [1.165, 1.54) is 43.5 Å². The number of nitrogens with one attached hydrogen (secondary N) is 2. The molecule has 150 valence electrons. The molecule has 1 heterocycles. The third-order valence-corrected chi connectivity index (χ3v) is 5.24. The second-order valence-electron chi connectivity index (χ2n) is 5.64. The molecule has 2 N–H and O–H groups in total. The molecular formula is C17H13N3O7S2. The maximum Gasteiger partial charge on any atom is 0.346 e. The Kier molecular flexibility index (Phi) is 5.48. The number of amides is 1. The van der Waals surface area contributed by atoms with Gasteiger partial charge in [0.05, 0.1) is 12.0 Å². The van der Waals surface area contributed by atoms with Crippen molar-refractivity contribution >= 4 is 45.1 Å². The van der Waals surface area contributed by atoms with Crippen LogP contribution in [0.5, 0.6) is 11.5 Å². The van der Waals surface area contributed by atoms with Crippen LogP contribution in [0.3, 0.4) is 0 Å². The normalized spacial score (nSPS) is 15.0. The second-order valence-corrected chi connectivity index (χ2v) is 7.56. The minimum atomic E-state index is -4.50. The highest BCUT2D eigenvalue weighted by Crippen LogP contribution is 2.33. The lowest BCUT2D eigenvalue weighted by atomic mass is 10.1. The van der Waals surface area contributed by atoms with E-state index in [4.69, 9.17) is 21.1 Å². The van der Waals surface area contributed by atoms with Crippen LogP contribution in [-0.2, 0) is 14.9 Å². The Morgan fingerprint density at radius 1 is 1.14 bits per heavy atom. The number of hydrogen-bond acceptors (Lipinski definition) is 8. The summed E-state index contributed by atoms with van der Waals surface area (Å²) in [4.78, 5) is 21.4. The topological polar surface area (TPSA) is 137 Å². The van der Waals surface area contributed by atoms with E-state index in [9.17, 15) is 23.3 Å². The minimum absolute atomic E-state index is 0.0440. The third kappa shape index (κ3) is 4.33. The summed E-state index contributed by atoms with van der Waals surface area (Å²) in [5.74, 6) is -0.539. The molecule has 1 fully saturated rings. The van der Waals surface area contributed by atoms with E-state index in [0.29, 0.717) is 5.56 Å². The maximum atomic E-state index is 12.6. The van der Waals surface area contributed by atoms with Crippen LogP contribution in [0.1, 0.15) is 5.56 Å². The fourth-order valence-electron chi connectivity index (χ4n) is 2.47. The number of nitro benzene ring substituents is 1. The first kappa shape index (κ1) is 20.2. The van der Waals surface area contributed by atoms with Gasteiger partial charge in [0.15, 0.2) is 21.5 Å². The van der Waals surface area contributed by atoms with Crippen molar-refractivity contribution in [2.45, 2.75) is 4.90 Å². The van der Waals surface area contributed by atoms with Crippen LogP contribution in [0.2, 0.25) is 0 Å². The van der Waals surface area contributed by atoms with Gasteiger partial charge in [-0.05, 0) is 42.1 Å². The number of thiocarbonyl (C=S) groups is 1. The van der Waals surface area contributed by atoms with Gasteiger partial charge in [0.25, 0.3) is 11.6 Å². The highest BCUT2D eigenvalue weighted by molar-refractivity contribution is 7.87. The summed E-state index contributed by atoms with van der Waals surface area (Å²) in [5, 5.41) is 16.4. The van der Waals surface area contributed by atoms with E-state index in [-0.39, 0.29) is 22.3 Å². The molecule has 0 bridgehead atoms. The van der Waals surface area contributed by atoms with Crippen molar-refractivity contribution in [2.24, 2.45) is 0 Å². The van der Waals surface area contributed by atoms with Gasteiger partial charge in [0.1, 0.15) is 5.70 Å². The van der Waals surface area contributed by atoms with Gasteiger partial charge < -0.3 is 14.2 Å². The van der Waals surface area contributed by atoms with E-state index in [2.05, 4.69) is 10.6 Å². The number of nitrogens with zero attached hydrogens (tertiary/aromatic N) is 1. The van der Waals surface area contributed by atoms with Crippen molar-refractivity contribution in [3.8, 4) is 11.5 Å². The molecule has 2 aromatic rings. The first-order chi connectivity index (χ1) is 13.7. The summed E-state index contributed by atoms with van der Waals surface area (Å²) in [6.07, 6.45) is 1.48. The summed E-state index contributed by atoms with van der Waals surface area (Å²) in [6, 6.07) is 9.06. The van der Waals surface area contributed by atoms with E-state index in [1.54, 1.807) is 0 Å². The molecule has 2 aromatic carbocycles. The number of para-hydroxylation sites is 1. The summed E-state index contributed by atoms with van der Waals surface area (Å²) < 4.78 is 35.4. The predicted octanol–water partition coefficient (Wildman–Crippen LogP) is 1.72. The average molecular weight is 435 g/mol. The fraction of sp³-hybridized carbons (Fsp3) is 0.0588. The van der Waals surface area contributed by atoms with Crippen molar-refractivity contribution in [1.29, 1.82) is 0 Å². The maximum absolute atomic E-state index is 12.6. The van der Waals surface area contributed by atoms with Gasteiger partial charge in [-0.25, -0.2) is 0 Å². The Balaban J connectivity index is 1.94. The molecule has 0 spiro atoms. The van der Waals surface area contributed by atoms with Crippen LogP contribution in [-0.4, -0.2) is 31.5 Å². The van der Waals surface area contributed by atoms with Crippen molar-refractivity contribution in [3.05, 3.63) is 63.8 Å². The van der Waals surface area contributed by atoms with Gasteiger partial charge in [-0.2, -0.15) is 8.42 Å². The number of carbonyl (C=O) groups is 1. The van der Waals surface area contributed by atoms with Gasteiger partial charge >= 0.3 is 10.1 Å². The Hall–Kier alpha value is -3.51. The zero-order chi connectivity index (χ0) is 21.2. The number of ether oxygens (including phenoxy) is 1. The number of nitro groups is 1. The Labute approximate surface area is 170 Å². The molecule has 0 saturated carbocycles. The summed E-state index contributed by atoms with van der Waals surface area (Å²) in [5.41, 5.74) is 0.0972. The lowest BCUT2D eigenvalue weighted by Gasteiger charge is -2.11. The molecule has 1 aliphatic heterocycles. The lowest BCUT2D eigenvalue weighted by molar-refractivity contribution is -0.387. The number of rotatable bonds is 6. The van der Waals surface area contributed by atoms with Crippen molar-refractivity contribution in [2.75, 3.05) is 7.11 Å². The van der Waals surface area contributed by atoms with Gasteiger partial charge in [-0.1, -0.05) is 18.2 Å². The van der Waals surface area contributed by atoms with Crippen molar-refractivity contribution < 1.29 is 27.1 Å². The highest BCUT2D eigenvalue weighted by atomic mass is 32.2. The zero-order valence-electron chi connectivity index (χ0n) is 14.7. The van der Waals surface area contributed by atoms with Crippen LogP contribution in [0, 0.1) is 10.1 Å². The largest absolute Gasteiger partial charge is 0.493 e. The minimum Gasteiger partial charge on any atom is -0.493 e. The van der Waals surface area contributed by atoms with Gasteiger partial charge in [-0.15, -0.1) is 0 Å². The molecule has 1 saturated heterocycles. The van der Waals surface area contributed by atoms with Crippen LogP contribution >= 0.6 is 12.2 Å². The quantitative estimate of drug-likeness (QED) is 0.228. The van der Waals surface area contributed by atoms with Crippen LogP contribution in [0.15, 0.2) is 53.1 Å². The molecule has 0 aliphatic carbocycles. The van der Waals surface area contributed by atoms with Crippen LogP contribution in [0.25, 0.3) is 6.08 Å². The van der Waals surface area contributed by atoms with Crippen LogP contribution in [0.4, 0.5) is 5.69 Å². The Morgan fingerprint density at radius 2 is 1.86 bits per heavy atom. The standard InChI is InChI=1S/C17H13N3O7S2/c1-26-14-9-10(8-11-16(21)19-17(28)18-11)6-7-13(14)27-29(24,25)15-5-3-2-4-12(15)20(22)23/h2-9H,1H3,(H2,18,19,21,28)/b11-8-. The van der Waals surface area contributed by atoms with E-state index in [1.807, 2.05) is 0 Å². The molecule has 0 aromatic heterocycles. The molecular weight excluding hydrogens is 422 g/mol. The third-order valence-electron chi connectivity index (χ3n) is 3.75. The van der Waals surface area contributed by atoms with Gasteiger partial charge in [0.2, 0.25) is 0 Å². The van der Waals surface area contributed by atoms with Crippen LogP contribution < -0.4 is 19.6 Å². The van der Waals surface area contributed by atoms with Crippen molar-refractivity contribution in [3.63, 3.8) is 0 Å². The summed E-state index contributed by atoms with van der Waals surface area (Å²) in [6.45, 7) is 0. The molecule has 10 nitrogen and oxygen atoms in total. The van der Waals surface area contributed by atoms with E-state index >= 15 is 0 Å². The number of carbonyl (C=O) groups excluding carboxylic acids is 1. The second kappa shape index (κ2) is 7.85. The molecule has 3 rings (SSSR count). The molecule has 0 radical (unpaired) electrons. The molecule has 0 atom stereocenters. The average Bonchev–Trinajstić information content (AvgIpc) is 2.99. The summed E-state index contributed by atoms with van der Waals surface area (Å²) in [7, 11) is -3.21. The van der Waals surface area contributed by atoms with Gasteiger partial charge in [0, 0.05) is 6.07 Å². The predicted molar refractivity (Wildman–Crippen MR) is 106 cm³/mol. The number of benzene rings is 2. The number of hydrogen-bond donors (Lipinski definition) is 2. The summed E-state index contributed by atoms with van der Waals surface area (Å²) >= 11 is 4.85. The molecule has 1 amide bonds. The molecule has 1 aliphatic rings. The van der Waals surface area contributed by atoms with E-state index < -0.39 is 31.5 Å². The molecule has 29 heavy (non-hydrogen) atoms. The first-order valence-corrected chi connectivity index (χ1v) is 9.73. The lowest BCUT2D eigenvalue weighted by Crippen LogP contribution is -2.21. The highest BCUT2D eigenvalue weighted by Gasteiger charge is 2.28.